The van der Waals surface area contributed by atoms with Gasteiger partial charge < -0.3 is 0 Å². The molecule has 1 saturated heterocycles. The van der Waals surface area contributed by atoms with Crippen molar-refractivity contribution in [2.75, 3.05) is 6.54 Å². The number of nitrogens with zero attached hydrogens (tertiary/aromatic N) is 1. The van der Waals surface area contributed by atoms with Gasteiger partial charge in [0.15, 0.2) is 0 Å². The Kier molecular flexibility index (Phi) is 1.91. The standard InChI is InChI=1S/C11H15NS/c1-2-11-5-9(1)6-12(11)7-10-3-4-13-8-10/h3-4,8-9,11H,1-2,5-7H2. The van der Waals surface area contributed by atoms with E-state index in [1.165, 1.54) is 37.9 Å². The van der Waals surface area contributed by atoms with Crippen LogP contribution in [0.5, 0.6) is 0 Å². The van der Waals surface area contributed by atoms with Crippen molar-refractivity contribution in [1.29, 1.82) is 0 Å². The average Bonchev–Trinajstić information content (AvgIpc) is 2.77. The van der Waals surface area contributed by atoms with Crippen LogP contribution in [0.15, 0.2) is 16.8 Å². The van der Waals surface area contributed by atoms with Crippen molar-refractivity contribution in [1.82, 2.24) is 4.90 Å². The quantitative estimate of drug-likeness (QED) is 0.698. The summed E-state index contributed by atoms with van der Waals surface area (Å²) in [7, 11) is 0. The number of likely N-dealkylation sites (tertiary alicyclic amines) is 1. The molecule has 2 heterocycles. The van der Waals surface area contributed by atoms with Gasteiger partial charge in [0, 0.05) is 19.1 Å². The molecule has 1 nitrogen and oxygen atoms in total. The van der Waals surface area contributed by atoms with E-state index in [1.807, 2.05) is 11.3 Å². The Labute approximate surface area is 83.4 Å². The first-order valence-corrected chi connectivity index (χ1v) is 6.11. The van der Waals surface area contributed by atoms with Crippen molar-refractivity contribution < 1.29 is 0 Å². The SMILES string of the molecule is c1cc(CN2CC3CCC2C3)cs1. The number of rotatable bonds is 2. The minimum absolute atomic E-state index is 0.921. The highest BCUT2D eigenvalue weighted by atomic mass is 32.1. The summed E-state index contributed by atoms with van der Waals surface area (Å²) in [6, 6.07) is 3.18. The maximum absolute atomic E-state index is 2.68. The third-order valence-electron chi connectivity index (χ3n) is 3.49. The van der Waals surface area contributed by atoms with E-state index in [1.54, 1.807) is 0 Å². The summed E-state index contributed by atoms with van der Waals surface area (Å²) in [5.41, 5.74) is 1.51. The van der Waals surface area contributed by atoms with Gasteiger partial charge in [0.05, 0.1) is 0 Å². The van der Waals surface area contributed by atoms with Crippen molar-refractivity contribution in [3.8, 4) is 0 Å². The molecule has 1 aromatic heterocycles. The van der Waals surface area contributed by atoms with E-state index in [0.717, 1.165) is 12.0 Å². The molecule has 1 aliphatic heterocycles. The second kappa shape index (κ2) is 3.10. The zero-order chi connectivity index (χ0) is 8.67. The molecule has 3 rings (SSSR count). The van der Waals surface area contributed by atoms with Gasteiger partial charge in [0.1, 0.15) is 0 Å². The Morgan fingerprint density at radius 2 is 2.46 bits per heavy atom. The van der Waals surface area contributed by atoms with Gasteiger partial charge in [-0.15, -0.1) is 0 Å². The van der Waals surface area contributed by atoms with Crippen LogP contribution in [0.1, 0.15) is 24.8 Å². The van der Waals surface area contributed by atoms with Crippen LogP contribution in [0.3, 0.4) is 0 Å². The summed E-state index contributed by atoms with van der Waals surface area (Å²) in [6.07, 6.45) is 4.42. The van der Waals surface area contributed by atoms with E-state index in [0.29, 0.717) is 0 Å². The Hall–Kier alpha value is -0.340. The molecule has 2 unspecified atom stereocenters. The molecule has 0 N–H and O–H groups in total. The molecular weight excluding hydrogens is 178 g/mol. The van der Waals surface area contributed by atoms with Crippen molar-refractivity contribution >= 4 is 11.3 Å². The van der Waals surface area contributed by atoms with Crippen LogP contribution in [-0.2, 0) is 6.54 Å². The summed E-state index contributed by atoms with van der Waals surface area (Å²) >= 11 is 1.82. The maximum Gasteiger partial charge on any atom is 0.0245 e. The third kappa shape index (κ3) is 1.42. The molecular formula is C11H15NS. The van der Waals surface area contributed by atoms with Gasteiger partial charge in [-0.2, -0.15) is 11.3 Å². The largest absolute Gasteiger partial charge is 0.296 e. The molecule has 2 atom stereocenters. The van der Waals surface area contributed by atoms with Crippen molar-refractivity contribution in [2.24, 2.45) is 5.92 Å². The van der Waals surface area contributed by atoms with Gasteiger partial charge in [0.25, 0.3) is 0 Å². The maximum atomic E-state index is 2.68. The number of thiophene rings is 1. The molecule has 1 aromatic rings. The lowest BCUT2D eigenvalue weighted by Crippen LogP contribution is -2.31. The number of hydrogen-bond acceptors (Lipinski definition) is 2. The fourth-order valence-electron chi connectivity index (χ4n) is 2.84. The number of fused-ring (bicyclic) bond motifs is 2. The minimum atomic E-state index is 0.921. The highest BCUT2D eigenvalue weighted by Gasteiger charge is 2.37. The first-order chi connectivity index (χ1) is 6.42. The lowest BCUT2D eigenvalue weighted by atomic mass is 10.1. The topological polar surface area (TPSA) is 3.24 Å². The first-order valence-electron chi connectivity index (χ1n) is 5.17. The van der Waals surface area contributed by atoms with Gasteiger partial charge in [-0.1, -0.05) is 0 Å². The second-order valence-electron chi connectivity index (χ2n) is 4.39. The minimum Gasteiger partial charge on any atom is -0.296 e. The monoisotopic (exact) mass is 193 g/mol. The molecule has 0 spiro atoms. The van der Waals surface area contributed by atoms with Crippen molar-refractivity contribution in [3.05, 3.63) is 22.4 Å². The number of hydrogen-bond donors (Lipinski definition) is 0. The Balaban J connectivity index is 1.68. The molecule has 2 bridgehead atoms. The van der Waals surface area contributed by atoms with E-state index in [2.05, 4.69) is 21.7 Å². The lowest BCUT2D eigenvalue weighted by Gasteiger charge is -2.26. The smallest absolute Gasteiger partial charge is 0.0245 e. The predicted molar refractivity (Wildman–Crippen MR) is 55.9 cm³/mol. The fraction of sp³-hybridized carbons (Fsp3) is 0.636. The molecule has 1 saturated carbocycles. The Morgan fingerprint density at radius 1 is 1.46 bits per heavy atom. The first kappa shape index (κ1) is 8.01. The zero-order valence-corrected chi connectivity index (χ0v) is 8.59. The van der Waals surface area contributed by atoms with E-state index < -0.39 is 0 Å². The van der Waals surface area contributed by atoms with Gasteiger partial charge in [0.2, 0.25) is 0 Å². The van der Waals surface area contributed by atoms with E-state index >= 15 is 0 Å². The second-order valence-corrected chi connectivity index (χ2v) is 5.17. The van der Waals surface area contributed by atoms with Crippen LogP contribution < -0.4 is 0 Å². The highest BCUT2D eigenvalue weighted by Crippen LogP contribution is 2.38. The molecule has 0 amide bonds. The van der Waals surface area contributed by atoms with Crippen molar-refractivity contribution in [2.45, 2.75) is 31.8 Å². The predicted octanol–water partition coefficient (Wildman–Crippen LogP) is 2.73. The normalized spacial score (nSPS) is 32.9. The van der Waals surface area contributed by atoms with Crippen LogP contribution in [-0.4, -0.2) is 17.5 Å². The summed E-state index contributed by atoms with van der Waals surface area (Å²) < 4.78 is 0. The molecule has 13 heavy (non-hydrogen) atoms. The molecule has 2 heteroatoms. The van der Waals surface area contributed by atoms with Gasteiger partial charge >= 0.3 is 0 Å². The summed E-state index contributed by atoms with van der Waals surface area (Å²) in [4.78, 5) is 2.68. The molecule has 2 fully saturated rings. The number of piperidine rings is 1. The molecule has 2 aliphatic rings. The summed E-state index contributed by atoms with van der Waals surface area (Å²) in [5, 5.41) is 4.47. The van der Waals surface area contributed by atoms with E-state index in [9.17, 15) is 0 Å². The van der Waals surface area contributed by atoms with Crippen LogP contribution >= 0.6 is 11.3 Å². The van der Waals surface area contributed by atoms with Gasteiger partial charge in [-0.05, 0) is 47.6 Å². The molecule has 0 radical (unpaired) electrons. The molecule has 70 valence electrons. The highest BCUT2D eigenvalue weighted by molar-refractivity contribution is 7.07. The van der Waals surface area contributed by atoms with Crippen LogP contribution in [0.2, 0.25) is 0 Å². The Bertz CT molecular complexity index is 280. The van der Waals surface area contributed by atoms with Crippen LogP contribution in [0.25, 0.3) is 0 Å². The zero-order valence-electron chi connectivity index (χ0n) is 7.78. The van der Waals surface area contributed by atoms with Crippen molar-refractivity contribution in [3.63, 3.8) is 0 Å². The van der Waals surface area contributed by atoms with Gasteiger partial charge in [-0.25, -0.2) is 0 Å². The Morgan fingerprint density at radius 3 is 3.08 bits per heavy atom. The van der Waals surface area contributed by atoms with Crippen LogP contribution in [0, 0.1) is 5.92 Å². The van der Waals surface area contributed by atoms with E-state index in [-0.39, 0.29) is 0 Å². The fourth-order valence-corrected chi connectivity index (χ4v) is 3.50. The molecule has 0 aromatic carbocycles. The van der Waals surface area contributed by atoms with Gasteiger partial charge in [-0.3, -0.25) is 4.90 Å². The summed E-state index contributed by atoms with van der Waals surface area (Å²) in [6.45, 7) is 2.56. The summed E-state index contributed by atoms with van der Waals surface area (Å²) in [5.74, 6) is 1.03. The third-order valence-corrected chi connectivity index (χ3v) is 4.22. The average molecular weight is 193 g/mol. The lowest BCUT2D eigenvalue weighted by molar-refractivity contribution is 0.205. The van der Waals surface area contributed by atoms with E-state index in [4.69, 9.17) is 0 Å². The molecule has 1 aliphatic carbocycles. The van der Waals surface area contributed by atoms with Crippen LogP contribution in [0.4, 0.5) is 0 Å².